The number of hydrogen-bond donors (Lipinski definition) is 1. The van der Waals surface area contributed by atoms with Crippen molar-refractivity contribution in [3.05, 3.63) is 58.6 Å². The number of benzene rings is 2. The minimum absolute atomic E-state index is 0.679. The first-order valence-electron chi connectivity index (χ1n) is 5.76. The molecule has 2 N–H and O–H groups in total. The minimum Gasteiger partial charge on any atom is -0.330 e. The van der Waals surface area contributed by atoms with Gasteiger partial charge in [0.2, 0.25) is 0 Å². The summed E-state index contributed by atoms with van der Waals surface area (Å²) in [4.78, 5) is 0. The van der Waals surface area contributed by atoms with E-state index in [9.17, 15) is 0 Å². The Hall–Kier alpha value is -1.31. The molecule has 2 heteroatoms. The number of rotatable bonds is 3. The number of aryl methyl sites for hydroxylation is 1. The Morgan fingerprint density at radius 3 is 2.65 bits per heavy atom. The van der Waals surface area contributed by atoms with Gasteiger partial charge in [-0.15, -0.1) is 0 Å². The first kappa shape index (κ1) is 12.2. The van der Waals surface area contributed by atoms with Gasteiger partial charge in [-0.1, -0.05) is 41.9 Å². The van der Waals surface area contributed by atoms with Crippen molar-refractivity contribution in [2.45, 2.75) is 13.3 Å². The number of halogens is 1. The Morgan fingerprint density at radius 1 is 1.12 bits per heavy atom. The predicted molar refractivity (Wildman–Crippen MR) is 74.4 cm³/mol. The van der Waals surface area contributed by atoms with E-state index in [1.54, 1.807) is 0 Å². The Morgan fingerprint density at radius 2 is 1.94 bits per heavy atom. The predicted octanol–water partition coefficient (Wildman–Crippen LogP) is 3.82. The van der Waals surface area contributed by atoms with E-state index in [0.717, 1.165) is 17.0 Å². The monoisotopic (exact) mass is 245 g/mol. The topological polar surface area (TPSA) is 26.0 Å². The maximum absolute atomic E-state index is 6.03. The second-order valence-corrected chi connectivity index (χ2v) is 4.63. The van der Waals surface area contributed by atoms with Gasteiger partial charge in [0.25, 0.3) is 0 Å². The molecule has 2 aromatic carbocycles. The molecule has 1 nitrogen and oxygen atoms in total. The highest BCUT2D eigenvalue weighted by Crippen LogP contribution is 2.26. The van der Waals surface area contributed by atoms with Gasteiger partial charge in [-0.2, -0.15) is 0 Å². The molecule has 0 bridgehead atoms. The molecule has 0 amide bonds. The molecule has 0 saturated carbocycles. The number of nitrogens with two attached hydrogens (primary N) is 1. The van der Waals surface area contributed by atoms with Crippen molar-refractivity contribution in [3.63, 3.8) is 0 Å². The molecule has 0 unspecified atom stereocenters. The molecule has 0 aliphatic rings. The summed E-state index contributed by atoms with van der Waals surface area (Å²) in [6.45, 7) is 2.79. The molecule has 0 aliphatic heterocycles. The van der Waals surface area contributed by atoms with Gasteiger partial charge in [-0.25, -0.2) is 0 Å². The van der Waals surface area contributed by atoms with Crippen LogP contribution in [0.3, 0.4) is 0 Å². The molecule has 0 atom stereocenters. The standard InChI is InChI=1S/C15H16ClN/c1-11-5-6-12(7-8-17)9-15(11)13-3-2-4-14(16)10-13/h2-6,9-10H,7-8,17H2,1H3. The SMILES string of the molecule is Cc1ccc(CCN)cc1-c1cccc(Cl)c1. The first-order chi connectivity index (χ1) is 8.20. The fourth-order valence-corrected chi connectivity index (χ4v) is 2.15. The van der Waals surface area contributed by atoms with Crippen LogP contribution in [0.15, 0.2) is 42.5 Å². The largest absolute Gasteiger partial charge is 0.330 e. The summed E-state index contributed by atoms with van der Waals surface area (Å²) in [6.07, 6.45) is 0.911. The van der Waals surface area contributed by atoms with Gasteiger partial charge in [-0.3, -0.25) is 0 Å². The maximum atomic E-state index is 6.03. The minimum atomic E-state index is 0.679. The van der Waals surface area contributed by atoms with Crippen LogP contribution in [0.1, 0.15) is 11.1 Å². The fraction of sp³-hybridized carbons (Fsp3) is 0.200. The summed E-state index contributed by atoms with van der Waals surface area (Å²) in [5.74, 6) is 0. The van der Waals surface area contributed by atoms with Crippen LogP contribution in [0, 0.1) is 6.92 Å². The lowest BCUT2D eigenvalue weighted by atomic mass is 9.97. The van der Waals surface area contributed by atoms with Crippen LogP contribution < -0.4 is 5.73 Å². The van der Waals surface area contributed by atoms with Crippen molar-refractivity contribution in [1.29, 1.82) is 0 Å². The highest BCUT2D eigenvalue weighted by molar-refractivity contribution is 6.30. The van der Waals surface area contributed by atoms with E-state index >= 15 is 0 Å². The Kier molecular flexibility index (Phi) is 3.82. The lowest BCUT2D eigenvalue weighted by Gasteiger charge is -2.09. The van der Waals surface area contributed by atoms with Crippen molar-refractivity contribution in [1.82, 2.24) is 0 Å². The highest BCUT2D eigenvalue weighted by Gasteiger charge is 2.03. The van der Waals surface area contributed by atoms with E-state index in [0.29, 0.717) is 6.54 Å². The molecule has 88 valence electrons. The zero-order valence-electron chi connectivity index (χ0n) is 9.91. The molecule has 0 aliphatic carbocycles. The van der Waals surface area contributed by atoms with Gasteiger partial charge in [0, 0.05) is 5.02 Å². The van der Waals surface area contributed by atoms with Crippen LogP contribution in [0.5, 0.6) is 0 Å². The first-order valence-corrected chi connectivity index (χ1v) is 6.14. The van der Waals surface area contributed by atoms with E-state index in [1.807, 2.05) is 18.2 Å². The fourth-order valence-electron chi connectivity index (χ4n) is 1.96. The summed E-state index contributed by atoms with van der Waals surface area (Å²) < 4.78 is 0. The molecule has 0 spiro atoms. The quantitative estimate of drug-likeness (QED) is 0.874. The van der Waals surface area contributed by atoms with Crippen molar-refractivity contribution in [2.24, 2.45) is 5.73 Å². The van der Waals surface area contributed by atoms with Gasteiger partial charge in [0.15, 0.2) is 0 Å². The smallest absolute Gasteiger partial charge is 0.0412 e. The van der Waals surface area contributed by atoms with Crippen molar-refractivity contribution in [2.75, 3.05) is 6.54 Å². The van der Waals surface area contributed by atoms with Crippen LogP contribution in [-0.4, -0.2) is 6.54 Å². The molecule has 0 saturated heterocycles. The lowest BCUT2D eigenvalue weighted by molar-refractivity contribution is 0.968. The maximum Gasteiger partial charge on any atom is 0.0412 e. The van der Waals surface area contributed by atoms with E-state index in [2.05, 4.69) is 31.2 Å². The van der Waals surface area contributed by atoms with Crippen LogP contribution in [0.25, 0.3) is 11.1 Å². The van der Waals surface area contributed by atoms with Gasteiger partial charge >= 0.3 is 0 Å². The third kappa shape index (κ3) is 2.87. The summed E-state index contributed by atoms with van der Waals surface area (Å²) in [7, 11) is 0. The summed E-state index contributed by atoms with van der Waals surface area (Å²) in [5, 5.41) is 0.770. The van der Waals surface area contributed by atoms with E-state index in [-0.39, 0.29) is 0 Å². The van der Waals surface area contributed by atoms with Gasteiger partial charge in [0.1, 0.15) is 0 Å². The van der Waals surface area contributed by atoms with Gasteiger partial charge in [0.05, 0.1) is 0 Å². The number of hydrogen-bond acceptors (Lipinski definition) is 1. The third-order valence-electron chi connectivity index (χ3n) is 2.87. The second-order valence-electron chi connectivity index (χ2n) is 4.20. The zero-order valence-corrected chi connectivity index (χ0v) is 10.7. The van der Waals surface area contributed by atoms with E-state index in [4.69, 9.17) is 17.3 Å². The molecular formula is C15H16ClN. The van der Waals surface area contributed by atoms with Crippen molar-refractivity contribution < 1.29 is 0 Å². The second kappa shape index (κ2) is 5.35. The molecule has 0 radical (unpaired) electrons. The molecule has 0 fully saturated rings. The Balaban J connectivity index is 2.46. The van der Waals surface area contributed by atoms with Crippen molar-refractivity contribution in [3.8, 4) is 11.1 Å². The average molecular weight is 246 g/mol. The summed E-state index contributed by atoms with van der Waals surface area (Å²) in [6, 6.07) is 14.4. The molecular weight excluding hydrogens is 230 g/mol. The zero-order chi connectivity index (χ0) is 12.3. The normalized spacial score (nSPS) is 10.5. The Labute approximate surface area is 107 Å². The molecule has 0 aromatic heterocycles. The van der Waals surface area contributed by atoms with Gasteiger partial charge < -0.3 is 5.73 Å². The molecule has 2 aromatic rings. The molecule has 17 heavy (non-hydrogen) atoms. The van der Waals surface area contributed by atoms with Crippen molar-refractivity contribution >= 4 is 11.6 Å². The van der Waals surface area contributed by atoms with Gasteiger partial charge in [-0.05, 0) is 54.3 Å². The van der Waals surface area contributed by atoms with E-state index < -0.39 is 0 Å². The lowest BCUT2D eigenvalue weighted by Crippen LogP contribution is -2.02. The highest BCUT2D eigenvalue weighted by atomic mass is 35.5. The summed E-state index contributed by atoms with van der Waals surface area (Å²) in [5.41, 5.74) is 10.5. The Bertz CT molecular complexity index is 520. The van der Waals surface area contributed by atoms with Crippen LogP contribution in [-0.2, 0) is 6.42 Å². The van der Waals surface area contributed by atoms with Crippen LogP contribution >= 0.6 is 11.6 Å². The summed E-state index contributed by atoms with van der Waals surface area (Å²) >= 11 is 6.03. The van der Waals surface area contributed by atoms with Crippen LogP contribution in [0.2, 0.25) is 5.02 Å². The van der Waals surface area contributed by atoms with Crippen LogP contribution in [0.4, 0.5) is 0 Å². The molecule has 2 rings (SSSR count). The third-order valence-corrected chi connectivity index (χ3v) is 3.11. The molecule has 0 heterocycles. The average Bonchev–Trinajstić information content (AvgIpc) is 2.32. The van der Waals surface area contributed by atoms with E-state index in [1.165, 1.54) is 16.7 Å².